The summed E-state index contributed by atoms with van der Waals surface area (Å²) in [6, 6.07) is 2.72. The van der Waals surface area contributed by atoms with Gasteiger partial charge in [0, 0.05) is 17.3 Å². The van der Waals surface area contributed by atoms with E-state index in [-0.39, 0.29) is 41.7 Å². The number of amides is 1. The van der Waals surface area contributed by atoms with Gasteiger partial charge in [0.15, 0.2) is 0 Å². The van der Waals surface area contributed by atoms with Crippen LogP contribution in [0.3, 0.4) is 0 Å². The molecule has 0 bridgehead atoms. The molecule has 25 heavy (non-hydrogen) atoms. The predicted octanol–water partition coefficient (Wildman–Crippen LogP) is 2.03. The average molecular weight is 379 g/mol. The van der Waals surface area contributed by atoms with Crippen LogP contribution in [-0.4, -0.2) is 48.7 Å². The molecule has 2 N–H and O–H groups in total. The van der Waals surface area contributed by atoms with E-state index < -0.39 is 23.6 Å². The van der Waals surface area contributed by atoms with Crippen molar-refractivity contribution in [1.82, 2.24) is 4.90 Å². The molecule has 1 heterocycles. The molecule has 0 fully saturated rings. The van der Waals surface area contributed by atoms with Gasteiger partial charge >= 0.3 is 12.1 Å². The maximum absolute atomic E-state index is 12.9. The first kappa shape index (κ1) is 19.1. The maximum atomic E-state index is 12.9. The number of benzene rings is 1. The minimum atomic E-state index is -4.62. The molecule has 0 atom stereocenters. The number of halogens is 4. The highest BCUT2D eigenvalue weighted by Crippen LogP contribution is 2.34. The maximum Gasteiger partial charge on any atom is 0.416 e. The van der Waals surface area contributed by atoms with E-state index >= 15 is 0 Å². The Kier molecular flexibility index (Phi) is 5.58. The zero-order valence-electron chi connectivity index (χ0n) is 13.0. The van der Waals surface area contributed by atoms with Crippen LogP contribution in [0, 0.1) is 0 Å². The molecular formula is C15H14ClF3N2O4. The highest BCUT2D eigenvalue weighted by Gasteiger charge is 2.35. The van der Waals surface area contributed by atoms with Crippen molar-refractivity contribution in [3.8, 4) is 0 Å². The lowest BCUT2D eigenvalue weighted by molar-refractivity contribution is -0.138. The minimum absolute atomic E-state index is 0.0339. The number of alkyl halides is 3. The summed E-state index contributed by atoms with van der Waals surface area (Å²) in [6.07, 6.45) is -4.62. The Labute approximate surface area is 145 Å². The smallest absolute Gasteiger partial charge is 0.416 e. The number of aliphatic hydroxyl groups excluding tert-OH is 1. The number of carbonyl (C=O) groups is 2. The molecule has 0 aromatic heterocycles. The number of carbonyl (C=O) groups excluding carboxylic acids is 2. The van der Waals surface area contributed by atoms with Gasteiger partial charge in [-0.3, -0.25) is 4.79 Å². The number of aliphatic hydroxyl groups is 1. The summed E-state index contributed by atoms with van der Waals surface area (Å²) in [6.45, 7) is -0.488. The number of nitrogens with one attached hydrogen (secondary N) is 1. The van der Waals surface area contributed by atoms with E-state index in [1.807, 2.05) is 0 Å². The van der Waals surface area contributed by atoms with E-state index in [0.717, 1.165) is 19.2 Å². The fraction of sp³-hybridized carbons (Fsp3) is 0.333. The van der Waals surface area contributed by atoms with Crippen LogP contribution >= 0.6 is 11.6 Å². The van der Waals surface area contributed by atoms with Gasteiger partial charge in [0.05, 0.1) is 31.4 Å². The lowest BCUT2D eigenvalue weighted by Gasteiger charge is -2.15. The van der Waals surface area contributed by atoms with Crippen LogP contribution in [0.25, 0.3) is 0 Å². The number of anilines is 1. The van der Waals surface area contributed by atoms with Crippen LogP contribution in [0.15, 0.2) is 29.5 Å². The van der Waals surface area contributed by atoms with Gasteiger partial charge in [0.2, 0.25) is 0 Å². The number of rotatable bonds is 5. The molecule has 0 spiro atoms. The van der Waals surface area contributed by atoms with Crippen LogP contribution in [-0.2, 0) is 20.5 Å². The van der Waals surface area contributed by atoms with Crippen LogP contribution in [0.2, 0.25) is 5.02 Å². The third kappa shape index (κ3) is 4.23. The molecule has 0 saturated carbocycles. The van der Waals surface area contributed by atoms with Crippen molar-refractivity contribution < 1.29 is 32.6 Å². The van der Waals surface area contributed by atoms with Crippen molar-refractivity contribution in [1.29, 1.82) is 0 Å². The first-order valence-electron chi connectivity index (χ1n) is 7.03. The Hall–Kier alpha value is -2.26. The van der Waals surface area contributed by atoms with Gasteiger partial charge in [-0.1, -0.05) is 11.6 Å². The van der Waals surface area contributed by atoms with Gasteiger partial charge in [-0.25, -0.2) is 4.79 Å². The lowest BCUT2D eigenvalue weighted by Crippen LogP contribution is -2.31. The summed E-state index contributed by atoms with van der Waals surface area (Å²) < 4.78 is 43.2. The molecule has 2 rings (SSSR count). The number of β-amino-alcohol motifs (C(OH)–C–C–N with tert-alkyl or cyclic N) is 1. The Balaban J connectivity index is 2.40. The molecule has 6 nitrogen and oxygen atoms in total. The molecule has 1 aliphatic rings. The molecule has 1 aliphatic heterocycles. The molecule has 0 radical (unpaired) electrons. The van der Waals surface area contributed by atoms with Gasteiger partial charge in [0.1, 0.15) is 5.70 Å². The lowest BCUT2D eigenvalue weighted by atomic mass is 10.1. The molecule has 10 heteroatoms. The van der Waals surface area contributed by atoms with E-state index in [1.165, 1.54) is 11.0 Å². The summed E-state index contributed by atoms with van der Waals surface area (Å²) in [5, 5.41) is 11.3. The second-order valence-corrected chi connectivity index (χ2v) is 5.58. The Morgan fingerprint density at radius 2 is 2.08 bits per heavy atom. The van der Waals surface area contributed by atoms with Crippen molar-refractivity contribution in [3.05, 3.63) is 40.1 Å². The van der Waals surface area contributed by atoms with E-state index in [1.54, 1.807) is 0 Å². The molecule has 0 aliphatic carbocycles. The Morgan fingerprint density at radius 1 is 1.40 bits per heavy atom. The molecule has 1 aromatic carbocycles. The number of esters is 1. The normalized spacial score (nSPS) is 15.0. The van der Waals surface area contributed by atoms with Crippen molar-refractivity contribution in [2.45, 2.75) is 6.18 Å². The van der Waals surface area contributed by atoms with Crippen LogP contribution in [0.1, 0.15) is 5.56 Å². The fourth-order valence-electron chi connectivity index (χ4n) is 2.32. The van der Waals surface area contributed by atoms with Crippen LogP contribution < -0.4 is 5.32 Å². The minimum Gasteiger partial charge on any atom is -0.466 e. The number of methoxy groups -OCH3 is 1. The van der Waals surface area contributed by atoms with Crippen molar-refractivity contribution in [2.75, 3.05) is 32.1 Å². The largest absolute Gasteiger partial charge is 0.466 e. The molecule has 136 valence electrons. The second-order valence-electron chi connectivity index (χ2n) is 5.15. The fourth-order valence-corrected chi connectivity index (χ4v) is 2.55. The van der Waals surface area contributed by atoms with Crippen molar-refractivity contribution >= 4 is 29.2 Å². The first-order valence-corrected chi connectivity index (χ1v) is 7.41. The number of hydrogen-bond donors (Lipinski definition) is 2. The van der Waals surface area contributed by atoms with Gasteiger partial charge < -0.3 is 20.1 Å². The Morgan fingerprint density at radius 3 is 2.64 bits per heavy atom. The molecule has 0 saturated heterocycles. The highest BCUT2D eigenvalue weighted by atomic mass is 35.5. The average Bonchev–Trinajstić information content (AvgIpc) is 2.83. The summed E-state index contributed by atoms with van der Waals surface area (Å²) in [7, 11) is 1.12. The number of hydrogen-bond acceptors (Lipinski definition) is 5. The van der Waals surface area contributed by atoms with E-state index in [0.29, 0.717) is 0 Å². The quantitative estimate of drug-likeness (QED) is 0.767. The summed E-state index contributed by atoms with van der Waals surface area (Å²) in [5.41, 5.74) is -1.36. The second kappa shape index (κ2) is 7.32. The SMILES string of the molecule is COC(=O)C1=C(Nc2cc(Cl)cc(C(F)(F)F)c2)C(=O)N(CCO)C1. The third-order valence-electron chi connectivity index (χ3n) is 3.45. The number of nitrogens with zero attached hydrogens (tertiary/aromatic N) is 1. The van der Waals surface area contributed by atoms with Gasteiger partial charge in [-0.15, -0.1) is 0 Å². The van der Waals surface area contributed by atoms with E-state index in [2.05, 4.69) is 10.1 Å². The van der Waals surface area contributed by atoms with Gasteiger partial charge in [-0.2, -0.15) is 13.2 Å². The standard InChI is InChI=1S/C15H14ClF3N2O4/c1-25-14(24)11-7-21(2-3-22)13(23)12(11)20-10-5-8(15(17,18)19)4-9(16)6-10/h4-6,20,22H,2-3,7H2,1H3. The molecule has 1 amide bonds. The van der Waals surface area contributed by atoms with E-state index in [4.69, 9.17) is 16.7 Å². The zero-order chi connectivity index (χ0) is 18.8. The molecular weight excluding hydrogens is 365 g/mol. The highest BCUT2D eigenvalue weighted by molar-refractivity contribution is 6.31. The Bertz CT molecular complexity index is 734. The monoisotopic (exact) mass is 378 g/mol. The summed E-state index contributed by atoms with van der Waals surface area (Å²) in [4.78, 5) is 25.3. The topological polar surface area (TPSA) is 78.9 Å². The van der Waals surface area contributed by atoms with Crippen LogP contribution in [0.4, 0.5) is 18.9 Å². The molecule has 0 unspecified atom stereocenters. The summed E-state index contributed by atoms with van der Waals surface area (Å²) >= 11 is 5.71. The van der Waals surface area contributed by atoms with E-state index in [9.17, 15) is 22.8 Å². The summed E-state index contributed by atoms with van der Waals surface area (Å²) in [5.74, 6) is -1.43. The van der Waals surface area contributed by atoms with Gasteiger partial charge in [-0.05, 0) is 18.2 Å². The third-order valence-corrected chi connectivity index (χ3v) is 3.67. The van der Waals surface area contributed by atoms with Crippen molar-refractivity contribution in [3.63, 3.8) is 0 Å². The zero-order valence-corrected chi connectivity index (χ0v) is 13.7. The van der Waals surface area contributed by atoms with Crippen LogP contribution in [0.5, 0.6) is 0 Å². The van der Waals surface area contributed by atoms with Crippen molar-refractivity contribution in [2.24, 2.45) is 0 Å². The molecule has 1 aromatic rings. The number of ether oxygens (including phenoxy) is 1. The predicted molar refractivity (Wildman–Crippen MR) is 82.8 cm³/mol. The van der Waals surface area contributed by atoms with Gasteiger partial charge in [0.25, 0.3) is 5.91 Å². The first-order chi connectivity index (χ1) is 11.7.